The summed E-state index contributed by atoms with van der Waals surface area (Å²) in [7, 11) is 1.53. The molecule has 0 bridgehead atoms. The van der Waals surface area contributed by atoms with E-state index in [9.17, 15) is 9.59 Å². The fourth-order valence-electron chi connectivity index (χ4n) is 3.03. The smallest absolute Gasteiger partial charge is 0.248 e. The molecule has 3 heterocycles. The lowest BCUT2D eigenvalue weighted by Gasteiger charge is -2.23. The number of nitrogens with zero attached hydrogens (tertiary/aromatic N) is 3. The van der Waals surface area contributed by atoms with E-state index < -0.39 is 0 Å². The molecule has 3 rings (SSSR count). The average molecular weight is 388 g/mol. The SMILES string of the molecule is COCC(=O)N1CCCN(c2ccc(NC(=O)Cc3cccs3)cn2)CC1. The molecule has 2 aromatic rings. The third-order valence-electron chi connectivity index (χ3n) is 4.39. The van der Waals surface area contributed by atoms with Crippen molar-refractivity contribution >= 4 is 34.7 Å². The summed E-state index contributed by atoms with van der Waals surface area (Å²) in [6.07, 6.45) is 2.94. The second kappa shape index (κ2) is 9.48. The highest BCUT2D eigenvalue weighted by atomic mass is 32.1. The first-order valence-electron chi connectivity index (χ1n) is 8.95. The van der Waals surface area contributed by atoms with Crippen LogP contribution in [0.2, 0.25) is 0 Å². The highest BCUT2D eigenvalue weighted by Crippen LogP contribution is 2.17. The van der Waals surface area contributed by atoms with E-state index in [1.807, 2.05) is 34.5 Å². The van der Waals surface area contributed by atoms with Crippen LogP contribution in [-0.4, -0.2) is 61.6 Å². The van der Waals surface area contributed by atoms with Crippen LogP contribution in [0.4, 0.5) is 11.5 Å². The fourth-order valence-corrected chi connectivity index (χ4v) is 3.74. The van der Waals surface area contributed by atoms with Gasteiger partial charge in [0.05, 0.1) is 18.3 Å². The zero-order chi connectivity index (χ0) is 19.1. The lowest BCUT2D eigenvalue weighted by Crippen LogP contribution is -2.37. The van der Waals surface area contributed by atoms with Crippen molar-refractivity contribution in [3.63, 3.8) is 0 Å². The summed E-state index contributed by atoms with van der Waals surface area (Å²) < 4.78 is 4.94. The summed E-state index contributed by atoms with van der Waals surface area (Å²) in [4.78, 5) is 33.6. The molecule has 0 atom stereocenters. The molecule has 0 radical (unpaired) electrons. The Bertz CT molecular complexity index is 749. The summed E-state index contributed by atoms with van der Waals surface area (Å²) in [6.45, 7) is 3.08. The number of hydrogen-bond acceptors (Lipinski definition) is 6. The van der Waals surface area contributed by atoms with Gasteiger partial charge in [-0.3, -0.25) is 9.59 Å². The molecular formula is C19H24N4O3S. The van der Waals surface area contributed by atoms with Gasteiger partial charge in [0.15, 0.2) is 0 Å². The van der Waals surface area contributed by atoms with Crippen LogP contribution in [0.5, 0.6) is 0 Å². The predicted octanol–water partition coefficient (Wildman–Crippen LogP) is 2.01. The third-order valence-corrected chi connectivity index (χ3v) is 5.26. The van der Waals surface area contributed by atoms with Crippen molar-refractivity contribution in [3.8, 4) is 0 Å². The van der Waals surface area contributed by atoms with Crippen molar-refractivity contribution in [1.29, 1.82) is 0 Å². The molecule has 0 saturated carbocycles. The Kier molecular flexibility index (Phi) is 6.78. The average Bonchev–Trinajstić information content (AvgIpc) is 3.03. The second-order valence-corrected chi connectivity index (χ2v) is 7.40. The maximum absolute atomic E-state index is 12.1. The van der Waals surface area contributed by atoms with Crippen LogP contribution in [0.3, 0.4) is 0 Å². The minimum absolute atomic E-state index is 0.0242. The summed E-state index contributed by atoms with van der Waals surface area (Å²) in [5.41, 5.74) is 0.687. The highest BCUT2D eigenvalue weighted by Gasteiger charge is 2.19. The fraction of sp³-hybridized carbons (Fsp3) is 0.421. The monoisotopic (exact) mass is 388 g/mol. The molecule has 27 heavy (non-hydrogen) atoms. The zero-order valence-electron chi connectivity index (χ0n) is 15.4. The minimum atomic E-state index is -0.0472. The van der Waals surface area contributed by atoms with Gasteiger partial charge in [-0.25, -0.2) is 4.98 Å². The summed E-state index contributed by atoms with van der Waals surface area (Å²) >= 11 is 1.57. The number of methoxy groups -OCH3 is 1. The lowest BCUT2D eigenvalue weighted by molar-refractivity contribution is -0.134. The maximum Gasteiger partial charge on any atom is 0.248 e. The molecule has 1 fully saturated rings. The number of thiophene rings is 1. The van der Waals surface area contributed by atoms with Gasteiger partial charge in [-0.05, 0) is 30.0 Å². The molecule has 0 aliphatic carbocycles. The number of rotatable bonds is 6. The number of anilines is 2. The Morgan fingerprint density at radius 3 is 2.81 bits per heavy atom. The van der Waals surface area contributed by atoms with Crippen molar-refractivity contribution in [1.82, 2.24) is 9.88 Å². The Balaban J connectivity index is 1.53. The number of aromatic nitrogens is 1. The van der Waals surface area contributed by atoms with Gasteiger partial charge < -0.3 is 19.9 Å². The third kappa shape index (κ3) is 5.51. The Hall–Kier alpha value is -2.45. The van der Waals surface area contributed by atoms with Crippen LogP contribution >= 0.6 is 11.3 Å². The van der Waals surface area contributed by atoms with Gasteiger partial charge in [0, 0.05) is 38.2 Å². The van der Waals surface area contributed by atoms with Crippen LogP contribution in [-0.2, 0) is 20.7 Å². The first-order chi connectivity index (χ1) is 13.2. The number of ether oxygens (including phenoxy) is 1. The molecule has 8 heteroatoms. The van der Waals surface area contributed by atoms with Gasteiger partial charge in [0.2, 0.25) is 11.8 Å². The van der Waals surface area contributed by atoms with E-state index in [0.29, 0.717) is 18.7 Å². The van der Waals surface area contributed by atoms with Gasteiger partial charge in [-0.2, -0.15) is 0 Å². The van der Waals surface area contributed by atoms with Crippen molar-refractivity contribution in [2.45, 2.75) is 12.8 Å². The van der Waals surface area contributed by atoms with Crippen LogP contribution in [0.25, 0.3) is 0 Å². The van der Waals surface area contributed by atoms with E-state index in [0.717, 1.165) is 36.8 Å². The zero-order valence-corrected chi connectivity index (χ0v) is 16.2. The van der Waals surface area contributed by atoms with Crippen molar-refractivity contribution in [2.24, 2.45) is 0 Å². The molecule has 1 aliphatic rings. The van der Waals surface area contributed by atoms with E-state index in [1.165, 1.54) is 7.11 Å². The largest absolute Gasteiger partial charge is 0.375 e. The van der Waals surface area contributed by atoms with E-state index in [2.05, 4.69) is 15.2 Å². The normalized spacial score (nSPS) is 14.7. The molecule has 7 nitrogen and oxygen atoms in total. The van der Waals surface area contributed by atoms with Crippen molar-refractivity contribution < 1.29 is 14.3 Å². The van der Waals surface area contributed by atoms with E-state index in [1.54, 1.807) is 17.5 Å². The number of hydrogen-bond donors (Lipinski definition) is 1. The first-order valence-corrected chi connectivity index (χ1v) is 9.83. The molecule has 0 aromatic carbocycles. The molecule has 1 N–H and O–H groups in total. The Labute approximate surface area is 162 Å². The highest BCUT2D eigenvalue weighted by molar-refractivity contribution is 7.10. The van der Waals surface area contributed by atoms with Crippen LogP contribution in [0.15, 0.2) is 35.8 Å². The van der Waals surface area contributed by atoms with Crippen molar-refractivity contribution in [3.05, 3.63) is 40.7 Å². The van der Waals surface area contributed by atoms with Gasteiger partial charge in [0.1, 0.15) is 12.4 Å². The molecule has 1 saturated heterocycles. The molecule has 0 unspecified atom stereocenters. The first kappa shape index (κ1) is 19.3. The molecule has 2 amide bonds. The minimum Gasteiger partial charge on any atom is -0.375 e. The Morgan fingerprint density at radius 1 is 1.22 bits per heavy atom. The summed E-state index contributed by atoms with van der Waals surface area (Å²) in [6, 6.07) is 7.67. The predicted molar refractivity (Wildman–Crippen MR) is 106 cm³/mol. The standard InChI is InChI=1S/C19H24N4O3S/c1-26-14-19(25)23-8-3-7-22(9-10-23)17-6-5-15(13-20-17)21-18(24)12-16-4-2-11-27-16/h2,4-6,11,13H,3,7-10,12,14H2,1H3,(H,21,24). The van der Waals surface area contributed by atoms with Gasteiger partial charge in [-0.15, -0.1) is 11.3 Å². The van der Waals surface area contributed by atoms with E-state index in [-0.39, 0.29) is 18.4 Å². The van der Waals surface area contributed by atoms with Crippen molar-refractivity contribution in [2.75, 3.05) is 50.1 Å². The lowest BCUT2D eigenvalue weighted by atomic mass is 10.3. The second-order valence-electron chi connectivity index (χ2n) is 6.36. The summed E-state index contributed by atoms with van der Waals surface area (Å²) in [5, 5.41) is 4.84. The Morgan fingerprint density at radius 2 is 2.11 bits per heavy atom. The van der Waals surface area contributed by atoms with Crippen LogP contribution in [0.1, 0.15) is 11.3 Å². The number of nitrogens with one attached hydrogen (secondary N) is 1. The van der Waals surface area contributed by atoms with Gasteiger partial charge >= 0.3 is 0 Å². The van der Waals surface area contributed by atoms with E-state index >= 15 is 0 Å². The molecule has 0 spiro atoms. The number of carbonyl (C=O) groups excluding carboxylic acids is 2. The van der Waals surface area contributed by atoms with E-state index in [4.69, 9.17) is 4.74 Å². The quantitative estimate of drug-likeness (QED) is 0.819. The molecular weight excluding hydrogens is 364 g/mol. The van der Waals surface area contributed by atoms with Crippen LogP contribution < -0.4 is 10.2 Å². The van der Waals surface area contributed by atoms with Crippen LogP contribution in [0, 0.1) is 0 Å². The number of amides is 2. The number of pyridine rings is 1. The topological polar surface area (TPSA) is 74.8 Å². The van der Waals surface area contributed by atoms with Gasteiger partial charge in [0.25, 0.3) is 0 Å². The molecule has 2 aromatic heterocycles. The maximum atomic E-state index is 12.1. The molecule has 1 aliphatic heterocycles. The molecule has 144 valence electrons. The van der Waals surface area contributed by atoms with Gasteiger partial charge in [-0.1, -0.05) is 6.07 Å². The summed E-state index contributed by atoms with van der Waals surface area (Å²) in [5.74, 6) is 0.831. The number of carbonyl (C=O) groups is 2.